The number of rotatable bonds is 2. The van der Waals surface area contributed by atoms with Crippen molar-refractivity contribution in [1.29, 1.82) is 0 Å². The fraction of sp³-hybridized carbons (Fsp3) is 0.500. The molecule has 1 aromatic heterocycles. The second-order valence-corrected chi connectivity index (χ2v) is 2.86. The minimum atomic E-state index is -0.969. The van der Waals surface area contributed by atoms with Crippen molar-refractivity contribution in [2.24, 2.45) is 0 Å². The first kappa shape index (κ1) is 8.37. The highest BCUT2D eigenvalue weighted by molar-refractivity contribution is 4.96. The Kier molecular flexibility index (Phi) is 2.35. The summed E-state index contributed by atoms with van der Waals surface area (Å²) in [5, 5.41) is 2.89. The van der Waals surface area contributed by atoms with Gasteiger partial charge in [0.15, 0.2) is 6.17 Å². The standard InChI is InChI=1S/C8H10FN3O/c9-6-4-10-5-7(6)13-8-11-2-1-3-12-8/h1-3,6-7,10H,4-5H2. The van der Waals surface area contributed by atoms with Crippen LogP contribution in [0.15, 0.2) is 18.5 Å². The minimum Gasteiger partial charge on any atom is -0.456 e. The number of ether oxygens (including phenoxy) is 1. The van der Waals surface area contributed by atoms with Crippen molar-refractivity contribution in [2.45, 2.75) is 12.3 Å². The van der Waals surface area contributed by atoms with Crippen LogP contribution in [0.1, 0.15) is 0 Å². The van der Waals surface area contributed by atoms with Crippen LogP contribution in [-0.4, -0.2) is 35.3 Å². The minimum absolute atomic E-state index is 0.235. The quantitative estimate of drug-likeness (QED) is 0.709. The van der Waals surface area contributed by atoms with Crippen molar-refractivity contribution < 1.29 is 9.13 Å². The van der Waals surface area contributed by atoms with Gasteiger partial charge in [-0.3, -0.25) is 0 Å². The third-order valence-electron chi connectivity index (χ3n) is 1.89. The molecule has 1 fully saturated rings. The number of halogens is 1. The Balaban J connectivity index is 1.98. The number of hydrogen-bond acceptors (Lipinski definition) is 4. The third kappa shape index (κ3) is 1.92. The maximum Gasteiger partial charge on any atom is 0.316 e. The van der Waals surface area contributed by atoms with Gasteiger partial charge in [0.25, 0.3) is 0 Å². The molecule has 1 aromatic rings. The number of aromatic nitrogens is 2. The van der Waals surface area contributed by atoms with E-state index in [1.165, 1.54) is 0 Å². The van der Waals surface area contributed by atoms with E-state index in [4.69, 9.17) is 4.74 Å². The van der Waals surface area contributed by atoms with Gasteiger partial charge >= 0.3 is 6.01 Å². The number of nitrogens with zero attached hydrogens (tertiary/aromatic N) is 2. The summed E-state index contributed by atoms with van der Waals surface area (Å²) in [5.74, 6) is 0. The molecule has 0 spiro atoms. The molecule has 70 valence electrons. The van der Waals surface area contributed by atoms with Gasteiger partial charge in [0.05, 0.1) is 0 Å². The van der Waals surface area contributed by atoms with Crippen LogP contribution in [0.25, 0.3) is 0 Å². The number of nitrogens with one attached hydrogen (secondary N) is 1. The molecule has 0 saturated carbocycles. The third-order valence-corrected chi connectivity index (χ3v) is 1.89. The Labute approximate surface area is 75.2 Å². The van der Waals surface area contributed by atoms with E-state index in [0.29, 0.717) is 13.1 Å². The first-order chi connectivity index (χ1) is 6.36. The Hall–Kier alpha value is -1.23. The topological polar surface area (TPSA) is 47.0 Å². The van der Waals surface area contributed by atoms with Crippen LogP contribution >= 0.6 is 0 Å². The highest BCUT2D eigenvalue weighted by Gasteiger charge is 2.28. The normalized spacial score (nSPS) is 27.5. The summed E-state index contributed by atoms with van der Waals surface area (Å²) in [7, 11) is 0. The zero-order valence-corrected chi connectivity index (χ0v) is 6.98. The van der Waals surface area contributed by atoms with E-state index in [2.05, 4.69) is 15.3 Å². The summed E-state index contributed by atoms with van der Waals surface area (Å²) in [5.41, 5.74) is 0. The molecule has 1 aliphatic rings. The summed E-state index contributed by atoms with van der Waals surface area (Å²) in [6.07, 6.45) is 1.71. The molecule has 2 heterocycles. The molecule has 13 heavy (non-hydrogen) atoms. The lowest BCUT2D eigenvalue weighted by molar-refractivity contribution is 0.129. The maximum atomic E-state index is 13.0. The van der Waals surface area contributed by atoms with Crippen molar-refractivity contribution >= 4 is 0 Å². The fourth-order valence-electron chi connectivity index (χ4n) is 1.22. The predicted molar refractivity (Wildman–Crippen MR) is 44.2 cm³/mol. The Morgan fingerprint density at radius 1 is 1.38 bits per heavy atom. The highest BCUT2D eigenvalue weighted by Crippen LogP contribution is 2.11. The molecule has 2 rings (SSSR count). The van der Waals surface area contributed by atoms with Crippen molar-refractivity contribution in [3.8, 4) is 6.01 Å². The SMILES string of the molecule is FC1CNCC1Oc1ncccn1. The van der Waals surface area contributed by atoms with Crippen LogP contribution in [0.2, 0.25) is 0 Å². The van der Waals surface area contributed by atoms with Gasteiger partial charge in [-0.2, -0.15) is 0 Å². The van der Waals surface area contributed by atoms with Gasteiger partial charge in [0, 0.05) is 25.5 Å². The van der Waals surface area contributed by atoms with Gasteiger partial charge in [-0.05, 0) is 6.07 Å². The molecule has 1 N–H and O–H groups in total. The van der Waals surface area contributed by atoms with Crippen LogP contribution < -0.4 is 10.1 Å². The van der Waals surface area contributed by atoms with E-state index in [9.17, 15) is 4.39 Å². The van der Waals surface area contributed by atoms with Crippen LogP contribution in [0, 0.1) is 0 Å². The molecule has 1 aliphatic heterocycles. The molecule has 4 nitrogen and oxygen atoms in total. The van der Waals surface area contributed by atoms with E-state index in [1.54, 1.807) is 18.5 Å². The molecule has 2 unspecified atom stereocenters. The van der Waals surface area contributed by atoms with Crippen molar-refractivity contribution in [3.63, 3.8) is 0 Å². The second-order valence-electron chi connectivity index (χ2n) is 2.86. The number of hydrogen-bond donors (Lipinski definition) is 1. The molecular weight excluding hydrogens is 173 g/mol. The van der Waals surface area contributed by atoms with Crippen LogP contribution in [-0.2, 0) is 0 Å². The first-order valence-corrected chi connectivity index (χ1v) is 4.15. The predicted octanol–water partition coefficient (Wildman–Crippen LogP) is 0.165. The summed E-state index contributed by atoms with van der Waals surface area (Å²) < 4.78 is 18.3. The van der Waals surface area contributed by atoms with E-state index in [1.807, 2.05) is 0 Å². The van der Waals surface area contributed by atoms with Gasteiger partial charge in [-0.15, -0.1) is 0 Å². The largest absolute Gasteiger partial charge is 0.456 e. The molecule has 0 bridgehead atoms. The van der Waals surface area contributed by atoms with Crippen LogP contribution in [0.5, 0.6) is 6.01 Å². The molecule has 0 aromatic carbocycles. The second kappa shape index (κ2) is 3.66. The molecule has 1 saturated heterocycles. The summed E-state index contributed by atoms with van der Waals surface area (Å²) >= 11 is 0. The lowest BCUT2D eigenvalue weighted by Gasteiger charge is -2.11. The number of alkyl halides is 1. The van der Waals surface area contributed by atoms with E-state index in [-0.39, 0.29) is 6.01 Å². The zero-order valence-electron chi connectivity index (χ0n) is 6.98. The highest BCUT2D eigenvalue weighted by atomic mass is 19.1. The molecular formula is C8H10FN3O. The van der Waals surface area contributed by atoms with E-state index >= 15 is 0 Å². The summed E-state index contributed by atoms with van der Waals surface area (Å²) in [6.45, 7) is 0.858. The van der Waals surface area contributed by atoms with Crippen LogP contribution in [0.3, 0.4) is 0 Å². The van der Waals surface area contributed by atoms with E-state index < -0.39 is 12.3 Å². The lowest BCUT2D eigenvalue weighted by atomic mass is 10.3. The lowest BCUT2D eigenvalue weighted by Crippen LogP contribution is -2.27. The van der Waals surface area contributed by atoms with Crippen LogP contribution in [0.4, 0.5) is 4.39 Å². The average Bonchev–Trinajstić information content (AvgIpc) is 2.54. The molecule has 0 radical (unpaired) electrons. The van der Waals surface area contributed by atoms with Gasteiger partial charge in [-0.25, -0.2) is 14.4 Å². The summed E-state index contributed by atoms with van der Waals surface area (Å²) in [6, 6.07) is 1.92. The molecule has 5 heteroatoms. The van der Waals surface area contributed by atoms with Gasteiger partial charge in [0.1, 0.15) is 6.10 Å². The first-order valence-electron chi connectivity index (χ1n) is 4.15. The van der Waals surface area contributed by atoms with Crippen molar-refractivity contribution in [2.75, 3.05) is 13.1 Å². The Bertz CT molecular complexity index is 269. The van der Waals surface area contributed by atoms with Crippen molar-refractivity contribution in [1.82, 2.24) is 15.3 Å². The molecule has 2 atom stereocenters. The van der Waals surface area contributed by atoms with Crippen molar-refractivity contribution in [3.05, 3.63) is 18.5 Å². The Morgan fingerprint density at radius 3 is 2.77 bits per heavy atom. The smallest absolute Gasteiger partial charge is 0.316 e. The fourth-order valence-corrected chi connectivity index (χ4v) is 1.22. The Morgan fingerprint density at radius 2 is 2.15 bits per heavy atom. The van der Waals surface area contributed by atoms with Gasteiger partial charge in [0.2, 0.25) is 0 Å². The summed E-state index contributed by atoms with van der Waals surface area (Å²) in [4.78, 5) is 7.70. The zero-order chi connectivity index (χ0) is 9.10. The van der Waals surface area contributed by atoms with E-state index in [0.717, 1.165) is 0 Å². The monoisotopic (exact) mass is 183 g/mol. The maximum absolute atomic E-state index is 13.0. The van der Waals surface area contributed by atoms with Gasteiger partial charge in [-0.1, -0.05) is 0 Å². The average molecular weight is 183 g/mol. The molecule has 0 amide bonds. The van der Waals surface area contributed by atoms with Gasteiger partial charge < -0.3 is 10.1 Å². The molecule has 0 aliphatic carbocycles.